The number of hydrogen-bond donors (Lipinski definition) is 0. The van der Waals surface area contributed by atoms with Gasteiger partial charge < -0.3 is 29.7 Å². The quantitative estimate of drug-likeness (QED) is 0.485. The number of carboxylic acid groups (broad SMARTS) is 3. The first-order chi connectivity index (χ1) is 11.7. The summed E-state index contributed by atoms with van der Waals surface area (Å²) < 4.78 is 0. The fraction of sp³-hybridized carbons (Fsp3) is 0.667. The van der Waals surface area contributed by atoms with Crippen LogP contribution in [0.25, 0.3) is 0 Å². The molecular formula is C21H34O6Zr. The molecule has 7 heteroatoms. The second-order valence-corrected chi connectivity index (χ2v) is 9.08. The van der Waals surface area contributed by atoms with E-state index in [0.717, 1.165) is 6.42 Å². The van der Waals surface area contributed by atoms with E-state index in [1.54, 1.807) is 62.3 Å². The molecule has 0 aromatic heterocycles. The minimum Gasteiger partial charge on any atom is -0.550 e. The fourth-order valence-corrected chi connectivity index (χ4v) is 0.515. The summed E-state index contributed by atoms with van der Waals surface area (Å²) in [6.07, 6.45) is 8.33. The van der Waals surface area contributed by atoms with Crippen LogP contribution in [-0.2, 0) is 40.6 Å². The van der Waals surface area contributed by atoms with Crippen LogP contribution in [-0.4, -0.2) is 17.9 Å². The molecule has 0 saturated heterocycles. The number of carboxylic acids is 3. The molecule has 0 fully saturated rings. The van der Waals surface area contributed by atoms with E-state index in [2.05, 4.69) is 25.2 Å². The maximum absolute atomic E-state index is 9.91. The first kappa shape index (κ1) is 34.3. The Kier molecular flexibility index (Phi) is 18.0. The third-order valence-corrected chi connectivity index (χ3v) is 2.70. The van der Waals surface area contributed by atoms with Crippen molar-refractivity contribution in [3.8, 4) is 0 Å². The molecule has 0 radical (unpaired) electrons. The van der Waals surface area contributed by atoms with Gasteiger partial charge in [-0.15, -0.1) is 6.42 Å². The van der Waals surface area contributed by atoms with Gasteiger partial charge in [-0.3, -0.25) is 6.08 Å². The maximum Gasteiger partial charge on any atom is 4.00 e. The third-order valence-electron chi connectivity index (χ3n) is 2.70. The summed E-state index contributed by atoms with van der Waals surface area (Å²) in [4.78, 5) is 29.7. The Morgan fingerprint density at radius 3 is 1.00 bits per heavy atom. The Labute approximate surface area is 189 Å². The molecule has 0 aromatic rings. The summed E-state index contributed by atoms with van der Waals surface area (Å²) >= 11 is 0. The first-order valence-electron chi connectivity index (χ1n) is 8.61. The summed E-state index contributed by atoms with van der Waals surface area (Å²) in [6, 6.07) is 0. The molecule has 0 unspecified atom stereocenters. The number of allylic oxidation sites excluding steroid dienone is 4. The van der Waals surface area contributed by atoms with Gasteiger partial charge in [-0.1, -0.05) is 69.2 Å². The molecule has 0 heterocycles. The molecule has 0 spiro atoms. The Morgan fingerprint density at radius 1 is 0.750 bits per heavy atom. The predicted octanol–water partition coefficient (Wildman–Crippen LogP) is 1.04. The van der Waals surface area contributed by atoms with Gasteiger partial charge in [-0.25, -0.2) is 11.6 Å². The van der Waals surface area contributed by atoms with Crippen molar-refractivity contribution in [1.29, 1.82) is 0 Å². The number of carbonyl (C=O) groups excluding carboxylic acids is 3. The van der Waals surface area contributed by atoms with Gasteiger partial charge in [0.2, 0.25) is 0 Å². The van der Waals surface area contributed by atoms with Crippen molar-refractivity contribution >= 4 is 17.9 Å². The van der Waals surface area contributed by atoms with Gasteiger partial charge in [0.1, 0.15) is 0 Å². The van der Waals surface area contributed by atoms with Crippen molar-refractivity contribution in [2.45, 2.75) is 75.7 Å². The molecular weight excluding hydrogens is 439 g/mol. The Hall–Kier alpha value is -1.23. The van der Waals surface area contributed by atoms with Crippen molar-refractivity contribution < 1.29 is 55.9 Å². The summed E-state index contributed by atoms with van der Waals surface area (Å²) in [5, 5.41) is 29.7. The number of hydrogen-bond acceptors (Lipinski definition) is 6. The van der Waals surface area contributed by atoms with Crippen LogP contribution in [0.3, 0.4) is 0 Å². The van der Waals surface area contributed by atoms with Crippen LogP contribution in [0.15, 0.2) is 17.7 Å². The van der Waals surface area contributed by atoms with Crippen molar-refractivity contribution in [3.63, 3.8) is 0 Å². The second-order valence-electron chi connectivity index (χ2n) is 9.08. The molecule has 0 aromatic carbocycles. The zero-order valence-electron chi connectivity index (χ0n) is 18.8. The van der Waals surface area contributed by atoms with Crippen molar-refractivity contribution in [3.05, 3.63) is 23.8 Å². The molecule has 0 atom stereocenters. The van der Waals surface area contributed by atoms with E-state index in [1.165, 1.54) is 5.57 Å². The Morgan fingerprint density at radius 2 is 0.964 bits per heavy atom. The summed E-state index contributed by atoms with van der Waals surface area (Å²) in [6.45, 7) is 16.5. The van der Waals surface area contributed by atoms with Crippen molar-refractivity contribution in [1.82, 2.24) is 0 Å². The standard InChI is InChI=1S/C6H7.3C5H10O2.Zr/c1-6-4-2-3-5-6;3*1-5(2,3)4(6)7;/h2,4H,3H2,1H3;3*1-3H3,(H,6,7);/q-1;;;;+4/p-3. The van der Waals surface area contributed by atoms with E-state index in [1.807, 2.05) is 0 Å². The molecule has 0 aliphatic heterocycles. The van der Waals surface area contributed by atoms with Crippen molar-refractivity contribution in [2.75, 3.05) is 0 Å². The van der Waals surface area contributed by atoms with Crippen LogP contribution in [0.4, 0.5) is 0 Å². The van der Waals surface area contributed by atoms with Gasteiger partial charge in [-0.05, 0) is 0 Å². The van der Waals surface area contributed by atoms with Gasteiger partial charge in [-0.2, -0.15) is 6.08 Å². The number of aliphatic carboxylic acids is 3. The molecule has 0 N–H and O–H groups in total. The summed E-state index contributed by atoms with van der Waals surface area (Å²) in [5.74, 6) is -3.02. The summed E-state index contributed by atoms with van der Waals surface area (Å²) in [7, 11) is 0. The number of rotatable bonds is 0. The molecule has 1 aliphatic carbocycles. The SMILES string of the molecule is CC(C)(C)C(=O)[O-].CC(C)(C)C(=O)[O-].CC(C)(C)C(=O)[O-].CC1=[C-]CC=C1.[Zr+4]. The molecule has 1 aliphatic rings. The van der Waals surface area contributed by atoms with Crippen LogP contribution >= 0.6 is 0 Å². The van der Waals surface area contributed by atoms with E-state index in [0.29, 0.717) is 0 Å². The van der Waals surface area contributed by atoms with Gasteiger partial charge in [0.25, 0.3) is 0 Å². The zero-order valence-corrected chi connectivity index (χ0v) is 21.3. The third kappa shape index (κ3) is 24.8. The van der Waals surface area contributed by atoms with Gasteiger partial charge in [0.05, 0.1) is 0 Å². The Balaban J connectivity index is -0.000000136. The monoisotopic (exact) mass is 472 g/mol. The van der Waals surface area contributed by atoms with Crippen LogP contribution in [0.5, 0.6) is 0 Å². The topological polar surface area (TPSA) is 120 Å². The van der Waals surface area contributed by atoms with E-state index < -0.39 is 34.2 Å². The normalized spacial score (nSPS) is 12.4. The van der Waals surface area contributed by atoms with Gasteiger partial charge in [0, 0.05) is 34.2 Å². The average molecular weight is 474 g/mol. The van der Waals surface area contributed by atoms with Crippen molar-refractivity contribution in [2.24, 2.45) is 16.2 Å². The minimum atomic E-state index is -1.01. The smallest absolute Gasteiger partial charge is 0.550 e. The zero-order chi connectivity index (χ0) is 22.6. The van der Waals surface area contributed by atoms with Crippen LogP contribution in [0.2, 0.25) is 0 Å². The summed E-state index contributed by atoms with van der Waals surface area (Å²) in [5.41, 5.74) is -0.810. The van der Waals surface area contributed by atoms with Gasteiger partial charge >= 0.3 is 26.2 Å². The second kappa shape index (κ2) is 14.7. The molecule has 6 nitrogen and oxygen atoms in total. The first-order valence-corrected chi connectivity index (χ1v) is 8.61. The van der Waals surface area contributed by atoms with E-state index in [-0.39, 0.29) is 26.2 Å². The average Bonchev–Trinajstić information content (AvgIpc) is 2.88. The van der Waals surface area contributed by atoms with E-state index in [9.17, 15) is 29.7 Å². The number of carbonyl (C=O) groups is 3. The van der Waals surface area contributed by atoms with Gasteiger partial charge in [0.15, 0.2) is 0 Å². The van der Waals surface area contributed by atoms with Crippen LogP contribution in [0, 0.1) is 22.3 Å². The molecule has 0 saturated carbocycles. The molecule has 0 amide bonds. The molecule has 28 heavy (non-hydrogen) atoms. The van der Waals surface area contributed by atoms with E-state index in [4.69, 9.17) is 0 Å². The maximum atomic E-state index is 9.91. The van der Waals surface area contributed by atoms with E-state index >= 15 is 0 Å². The molecule has 158 valence electrons. The Bertz CT molecular complexity index is 481. The largest absolute Gasteiger partial charge is 4.00 e. The van der Waals surface area contributed by atoms with Crippen LogP contribution < -0.4 is 15.3 Å². The fourth-order valence-electron chi connectivity index (χ4n) is 0.515. The predicted molar refractivity (Wildman–Crippen MR) is 99.6 cm³/mol. The molecule has 1 rings (SSSR count). The molecule has 0 bridgehead atoms. The minimum absolute atomic E-state index is 0. The van der Waals surface area contributed by atoms with Crippen LogP contribution in [0.1, 0.15) is 75.7 Å².